The van der Waals surface area contributed by atoms with E-state index in [-0.39, 0.29) is 39.3 Å². The Balaban J connectivity index is 1.23. The van der Waals surface area contributed by atoms with E-state index in [1.54, 1.807) is 0 Å². The number of benzene rings is 6. The molecule has 0 bridgehead atoms. The molecule has 1 aromatic heterocycles. The lowest BCUT2D eigenvalue weighted by atomic mass is 9.43. The van der Waals surface area contributed by atoms with Gasteiger partial charge in [-0.05, 0) is 188 Å². The molecule has 0 N–H and O–H groups in total. The molecule has 0 radical (unpaired) electrons. The van der Waals surface area contributed by atoms with Crippen LogP contribution in [-0.4, -0.2) is 6.85 Å². The van der Waals surface area contributed by atoms with Crippen LogP contribution in [-0.2, 0) is 32.5 Å². The monoisotopic (exact) mass is 869 g/mol. The van der Waals surface area contributed by atoms with Crippen molar-refractivity contribution in [1.29, 1.82) is 0 Å². The molecular formula is C62H69BN2O. The second-order valence-electron chi connectivity index (χ2n) is 25.5. The van der Waals surface area contributed by atoms with Crippen LogP contribution in [0.15, 0.2) is 95.4 Å². The van der Waals surface area contributed by atoms with Crippen molar-refractivity contribution in [2.24, 2.45) is 0 Å². The Morgan fingerprint density at radius 2 is 0.985 bits per heavy atom. The highest BCUT2D eigenvalue weighted by atomic mass is 16.3. The molecule has 7 aromatic rings. The van der Waals surface area contributed by atoms with Gasteiger partial charge in [0.2, 0.25) is 0 Å². The first-order chi connectivity index (χ1) is 31.0. The van der Waals surface area contributed by atoms with E-state index in [1.165, 1.54) is 144 Å². The Morgan fingerprint density at radius 1 is 0.439 bits per heavy atom. The van der Waals surface area contributed by atoms with Crippen LogP contribution in [0, 0.1) is 13.8 Å². The SMILES string of the molecule is Cc1cc2c3c(c1)N(c1cc4c(cc1C)C(C)(C)CCC4(C)C)c1cc4oc5ccccc5c4cc1B3N(c1ccc3c(c1)C(C)(C)CCC3(C)C)c1cc3c(cc1-2)C(C)(C)CCC3(C)C. The molecule has 6 aromatic carbocycles. The Hall–Kier alpha value is -5.22. The van der Waals surface area contributed by atoms with Gasteiger partial charge in [0.25, 0.3) is 0 Å². The van der Waals surface area contributed by atoms with Crippen LogP contribution in [0.1, 0.15) is 166 Å². The number of para-hydroxylation sites is 1. The van der Waals surface area contributed by atoms with Crippen molar-refractivity contribution in [3.8, 4) is 11.1 Å². The van der Waals surface area contributed by atoms with Gasteiger partial charge in [0, 0.05) is 50.8 Å². The second-order valence-corrected chi connectivity index (χ2v) is 25.5. The van der Waals surface area contributed by atoms with E-state index in [2.05, 4.69) is 198 Å². The van der Waals surface area contributed by atoms with Crippen LogP contribution < -0.4 is 20.6 Å². The van der Waals surface area contributed by atoms with E-state index < -0.39 is 0 Å². The summed E-state index contributed by atoms with van der Waals surface area (Å²) < 4.78 is 6.84. The van der Waals surface area contributed by atoms with Crippen molar-refractivity contribution in [2.45, 2.75) is 168 Å². The molecular weight excluding hydrogens is 800 g/mol. The highest BCUT2D eigenvalue weighted by molar-refractivity contribution is 6.93. The first kappa shape index (κ1) is 42.2. The summed E-state index contributed by atoms with van der Waals surface area (Å²) in [5, 5.41) is 2.35. The fourth-order valence-electron chi connectivity index (χ4n) is 13.6. The summed E-state index contributed by atoms with van der Waals surface area (Å²) in [6.45, 7) is 34.2. The molecule has 0 fully saturated rings. The van der Waals surface area contributed by atoms with Gasteiger partial charge >= 0.3 is 6.85 Å². The molecule has 2 aliphatic heterocycles. The number of anilines is 5. The lowest BCUT2D eigenvalue weighted by Gasteiger charge is -2.49. The van der Waals surface area contributed by atoms with Crippen molar-refractivity contribution in [2.75, 3.05) is 9.71 Å². The summed E-state index contributed by atoms with van der Waals surface area (Å²) >= 11 is 0. The van der Waals surface area contributed by atoms with Gasteiger partial charge < -0.3 is 14.1 Å². The fraction of sp³-hybridized carbons (Fsp3) is 0.419. The maximum atomic E-state index is 6.84. The van der Waals surface area contributed by atoms with E-state index in [9.17, 15) is 0 Å². The average molecular weight is 869 g/mol. The zero-order valence-electron chi connectivity index (χ0n) is 42.3. The lowest BCUT2D eigenvalue weighted by Crippen LogP contribution is -2.61. The van der Waals surface area contributed by atoms with Crippen LogP contribution in [0.3, 0.4) is 0 Å². The number of hydrogen-bond donors (Lipinski definition) is 0. The van der Waals surface area contributed by atoms with Crippen LogP contribution >= 0.6 is 0 Å². The third-order valence-corrected chi connectivity index (χ3v) is 18.2. The summed E-state index contributed by atoms with van der Waals surface area (Å²) in [7, 11) is 0. The van der Waals surface area contributed by atoms with Gasteiger partial charge in [0.05, 0.1) is 0 Å². The first-order valence-electron chi connectivity index (χ1n) is 25.2. The lowest BCUT2D eigenvalue weighted by molar-refractivity contribution is 0.332. The Morgan fingerprint density at radius 3 is 1.62 bits per heavy atom. The highest BCUT2D eigenvalue weighted by Gasteiger charge is 2.49. The minimum absolute atomic E-state index is 0.0565. The van der Waals surface area contributed by atoms with Crippen LogP contribution in [0.4, 0.5) is 28.4 Å². The molecule has 4 heteroatoms. The zero-order chi connectivity index (χ0) is 46.4. The van der Waals surface area contributed by atoms with Gasteiger partial charge in [-0.3, -0.25) is 0 Å². The molecule has 3 heterocycles. The molecule has 66 heavy (non-hydrogen) atoms. The normalized spacial score (nSPS) is 20.8. The molecule has 12 rings (SSSR count). The van der Waals surface area contributed by atoms with Crippen molar-refractivity contribution >= 4 is 68.1 Å². The van der Waals surface area contributed by atoms with Gasteiger partial charge in [0.15, 0.2) is 0 Å². The standard InChI is InChI=1S/C62H69BN2O/c1-36-27-42-40-31-46-48(62(13,14)26-24-60(46,9)10)34-51(40)65(38-19-20-43-45(30-38)59(7,8)22-21-57(43,3)4)63-49-32-41-39-17-15-16-18-54(39)66-55(41)35-52(49)64(53(28-36)56(42)63)50-33-47-44(29-37(50)2)58(5,6)23-25-61(47,11)12/h15-20,27-35H,21-26H2,1-14H3. The molecule has 5 aliphatic rings. The van der Waals surface area contributed by atoms with Crippen LogP contribution in [0.25, 0.3) is 33.1 Å². The second kappa shape index (κ2) is 13.3. The molecule has 3 nitrogen and oxygen atoms in total. The summed E-state index contributed by atoms with van der Waals surface area (Å²) in [4.78, 5) is 5.45. The zero-order valence-corrected chi connectivity index (χ0v) is 42.3. The third kappa shape index (κ3) is 5.81. The third-order valence-electron chi connectivity index (χ3n) is 18.2. The van der Waals surface area contributed by atoms with Crippen LogP contribution in [0.5, 0.6) is 0 Å². The smallest absolute Gasteiger partial charge is 0.333 e. The quantitative estimate of drug-likeness (QED) is 0.161. The predicted molar refractivity (Wildman–Crippen MR) is 283 cm³/mol. The number of furan rings is 1. The Kier molecular flexibility index (Phi) is 8.48. The molecule has 3 aliphatic carbocycles. The van der Waals surface area contributed by atoms with Gasteiger partial charge in [-0.1, -0.05) is 126 Å². The molecule has 0 amide bonds. The summed E-state index contributed by atoms with van der Waals surface area (Å²) in [6, 6.07) is 36.6. The Labute approximate surface area is 395 Å². The number of aryl methyl sites for hydroxylation is 2. The highest BCUT2D eigenvalue weighted by Crippen LogP contribution is 2.56. The van der Waals surface area contributed by atoms with E-state index >= 15 is 0 Å². The predicted octanol–water partition coefficient (Wildman–Crippen LogP) is 16.0. The summed E-state index contributed by atoms with van der Waals surface area (Å²) in [5.41, 5.74) is 25.8. The molecule has 0 atom stereocenters. The van der Waals surface area contributed by atoms with Gasteiger partial charge in [-0.2, -0.15) is 0 Å². The number of fused-ring (bicyclic) bond motifs is 10. The first-order valence-corrected chi connectivity index (χ1v) is 25.2. The molecule has 0 saturated heterocycles. The number of rotatable bonds is 2. The number of hydrogen-bond acceptors (Lipinski definition) is 3. The molecule has 0 spiro atoms. The Bertz CT molecular complexity index is 3260. The van der Waals surface area contributed by atoms with Crippen molar-refractivity contribution in [1.82, 2.24) is 0 Å². The van der Waals surface area contributed by atoms with E-state index in [0.29, 0.717) is 0 Å². The molecule has 336 valence electrons. The van der Waals surface area contributed by atoms with Gasteiger partial charge in [0.1, 0.15) is 11.2 Å². The topological polar surface area (TPSA) is 19.6 Å². The minimum Gasteiger partial charge on any atom is -0.456 e. The maximum absolute atomic E-state index is 6.84. The fourth-order valence-corrected chi connectivity index (χ4v) is 13.6. The summed E-state index contributed by atoms with van der Waals surface area (Å²) in [6.07, 6.45) is 7.10. The van der Waals surface area contributed by atoms with E-state index in [1.807, 2.05) is 0 Å². The maximum Gasteiger partial charge on any atom is 0.333 e. The summed E-state index contributed by atoms with van der Waals surface area (Å²) in [5.74, 6) is 0. The van der Waals surface area contributed by atoms with Crippen molar-refractivity contribution < 1.29 is 4.42 Å². The van der Waals surface area contributed by atoms with Gasteiger partial charge in [-0.15, -0.1) is 0 Å². The van der Waals surface area contributed by atoms with Crippen molar-refractivity contribution in [3.05, 3.63) is 136 Å². The molecule has 0 saturated carbocycles. The molecule has 0 unspecified atom stereocenters. The van der Waals surface area contributed by atoms with Gasteiger partial charge in [-0.25, -0.2) is 0 Å². The number of nitrogens with zero attached hydrogens (tertiary/aromatic N) is 2. The minimum atomic E-state index is -0.0868. The van der Waals surface area contributed by atoms with E-state index in [0.717, 1.165) is 11.2 Å². The average Bonchev–Trinajstić information content (AvgIpc) is 3.62. The largest absolute Gasteiger partial charge is 0.456 e. The van der Waals surface area contributed by atoms with E-state index in [4.69, 9.17) is 4.42 Å². The van der Waals surface area contributed by atoms with Crippen molar-refractivity contribution in [3.63, 3.8) is 0 Å². The van der Waals surface area contributed by atoms with Crippen LogP contribution in [0.2, 0.25) is 0 Å².